The van der Waals surface area contributed by atoms with E-state index in [1.165, 1.54) is 0 Å². The topological polar surface area (TPSA) is 57.4 Å². The molecule has 2 heterocycles. The summed E-state index contributed by atoms with van der Waals surface area (Å²) >= 11 is 0. The molecule has 1 atom stereocenters. The Bertz CT molecular complexity index is 547. The number of benzene rings is 1. The van der Waals surface area contributed by atoms with Gasteiger partial charge in [0.05, 0.1) is 6.61 Å². The molecule has 0 spiro atoms. The van der Waals surface area contributed by atoms with E-state index >= 15 is 0 Å². The Morgan fingerprint density at radius 2 is 2.26 bits per heavy atom. The third kappa shape index (κ3) is 2.76. The lowest BCUT2D eigenvalue weighted by Crippen LogP contribution is -2.01. The Balaban J connectivity index is 1.63. The third-order valence-electron chi connectivity index (χ3n) is 3.22. The van der Waals surface area contributed by atoms with Crippen molar-refractivity contribution in [1.29, 1.82) is 0 Å². The average molecular weight is 260 g/mol. The zero-order chi connectivity index (χ0) is 13.1. The third-order valence-corrected chi connectivity index (χ3v) is 3.22. The fourth-order valence-electron chi connectivity index (χ4n) is 2.09. The Morgan fingerprint density at radius 1 is 1.37 bits per heavy atom. The van der Waals surface area contributed by atoms with Crippen molar-refractivity contribution in [2.24, 2.45) is 0 Å². The lowest BCUT2D eigenvalue weighted by atomic mass is 10.1. The number of hydrogen-bond acceptors (Lipinski definition) is 5. The van der Waals surface area contributed by atoms with Gasteiger partial charge in [-0.2, -0.15) is 4.98 Å². The van der Waals surface area contributed by atoms with Crippen molar-refractivity contribution in [3.05, 3.63) is 41.5 Å². The van der Waals surface area contributed by atoms with E-state index in [2.05, 4.69) is 10.1 Å². The molecule has 1 fully saturated rings. The molecule has 0 amide bonds. The van der Waals surface area contributed by atoms with Crippen LogP contribution >= 0.6 is 0 Å². The van der Waals surface area contributed by atoms with Gasteiger partial charge in [-0.1, -0.05) is 23.4 Å². The van der Waals surface area contributed by atoms with Gasteiger partial charge in [-0.15, -0.1) is 0 Å². The van der Waals surface area contributed by atoms with E-state index in [1.54, 1.807) is 0 Å². The van der Waals surface area contributed by atoms with Gasteiger partial charge in [0.25, 0.3) is 5.89 Å². The predicted molar refractivity (Wildman–Crippen MR) is 68.0 cm³/mol. The molecule has 1 aromatic heterocycles. The number of nitrogens with zero attached hydrogens (tertiary/aromatic N) is 2. The molecule has 0 bridgehead atoms. The van der Waals surface area contributed by atoms with E-state index in [4.69, 9.17) is 14.0 Å². The molecule has 2 aromatic rings. The van der Waals surface area contributed by atoms with Crippen LogP contribution in [0.3, 0.4) is 0 Å². The summed E-state index contributed by atoms with van der Waals surface area (Å²) in [4.78, 5) is 4.35. The van der Waals surface area contributed by atoms with Crippen LogP contribution in [0.1, 0.15) is 29.6 Å². The number of aryl methyl sites for hydroxylation is 1. The van der Waals surface area contributed by atoms with E-state index in [0.717, 1.165) is 30.2 Å². The van der Waals surface area contributed by atoms with Gasteiger partial charge in [-0.3, -0.25) is 0 Å². The van der Waals surface area contributed by atoms with Crippen LogP contribution in [0.15, 0.2) is 28.8 Å². The molecular weight excluding hydrogens is 244 g/mol. The molecule has 0 radical (unpaired) electrons. The minimum absolute atomic E-state index is 0.260. The SMILES string of the molecule is Cc1ccccc1OCc1nc([C@@H]2CCOC2)no1. The number of ether oxygens (including phenoxy) is 2. The van der Waals surface area contributed by atoms with Gasteiger partial charge < -0.3 is 14.0 Å². The van der Waals surface area contributed by atoms with Crippen LogP contribution in [0, 0.1) is 6.92 Å². The minimum atomic E-state index is 0.260. The largest absolute Gasteiger partial charge is 0.483 e. The molecule has 0 unspecified atom stereocenters. The maximum atomic E-state index is 5.67. The maximum absolute atomic E-state index is 5.67. The fourth-order valence-corrected chi connectivity index (χ4v) is 2.09. The van der Waals surface area contributed by atoms with Gasteiger partial charge in [0.2, 0.25) is 0 Å². The van der Waals surface area contributed by atoms with Crippen molar-refractivity contribution >= 4 is 0 Å². The van der Waals surface area contributed by atoms with Crippen molar-refractivity contribution in [2.75, 3.05) is 13.2 Å². The van der Waals surface area contributed by atoms with E-state index in [9.17, 15) is 0 Å². The van der Waals surface area contributed by atoms with Crippen LogP contribution in [0.25, 0.3) is 0 Å². The van der Waals surface area contributed by atoms with Gasteiger partial charge in [0.1, 0.15) is 5.75 Å². The highest BCUT2D eigenvalue weighted by atomic mass is 16.5. The molecule has 1 aliphatic rings. The van der Waals surface area contributed by atoms with E-state index in [0.29, 0.717) is 19.1 Å². The Morgan fingerprint density at radius 3 is 3.05 bits per heavy atom. The first-order valence-corrected chi connectivity index (χ1v) is 6.41. The first-order chi connectivity index (χ1) is 9.33. The molecule has 1 aromatic carbocycles. The summed E-state index contributed by atoms with van der Waals surface area (Å²) in [7, 11) is 0. The molecule has 0 aliphatic carbocycles. The molecule has 3 rings (SSSR count). The van der Waals surface area contributed by atoms with Gasteiger partial charge in [0, 0.05) is 12.5 Å². The molecule has 0 N–H and O–H groups in total. The Hall–Kier alpha value is -1.88. The molecule has 5 heteroatoms. The number of para-hydroxylation sites is 1. The quantitative estimate of drug-likeness (QED) is 0.845. The van der Waals surface area contributed by atoms with Crippen LogP contribution < -0.4 is 4.74 Å². The highest BCUT2D eigenvalue weighted by Gasteiger charge is 2.23. The first kappa shape index (κ1) is 12.2. The fraction of sp³-hybridized carbons (Fsp3) is 0.429. The van der Waals surface area contributed by atoms with Crippen molar-refractivity contribution in [1.82, 2.24) is 10.1 Å². The van der Waals surface area contributed by atoms with Crippen LogP contribution in [-0.4, -0.2) is 23.4 Å². The minimum Gasteiger partial charge on any atom is -0.483 e. The van der Waals surface area contributed by atoms with Gasteiger partial charge >= 0.3 is 0 Å². The van der Waals surface area contributed by atoms with Crippen LogP contribution in [-0.2, 0) is 11.3 Å². The highest BCUT2D eigenvalue weighted by Crippen LogP contribution is 2.23. The standard InChI is InChI=1S/C14H16N2O3/c1-10-4-2-3-5-12(10)18-9-13-15-14(16-19-13)11-6-7-17-8-11/h2-5,11H,6-9H2,1H3/t11-/m1/s1. The van der Waals surface area contributed by atoms with Crippen molar-refractivity contribution in [3.63, 3.8) is 0 Å². The monoisotopic (exact) mass is 260 g/mol. The molecule has 0 saturated carbocycles. The van der Waals surface area contributed by atoms with Crippen LogP contribution in [0.5, 0.6) is 5.75 Å². The zero-order valence-electron chi connectivity index (χ0n) is 10.8. The summed E-state index contributed by atoms with van der Waals surface area (Å²) < 4.78 is 16.2. The normalized spacial score (nSPS) is 18.7. The number of aromatic nitrogens is 2. The molecule has 1 aliphatic heterocycles. The molecular formula is C14H16N2O3. The first-order valence-electron chi connectivity index (χ1n) is 6.41. The van der Waals surface area contributed by atoms with Crippen molar-refractivity contribution < 1.29 is 14.0 Å². The van der Waals surface area contributed by atoms with Crippen molar-refractivity contribution in [3.8, 4) is 5.75 Å². The number of rotatable bonds is 4. The van der Waals surface area contributed by atoms with E-state index in [1.807, 2.05) is 31.2 Å². The lowest BCUT2D eigenvalue weighted by molar-refractivity contribution is 0.192. The Labute approximate surface area is 111 Å². The van der Waals surface area contributed by atoms with E-state index < -0.39 is 0 Å². The Kier molecular flexibility index (Phi) is 3.46. The number of hydrogen-bond donors (Lipinski definition) is 0. The molecule has 19 heavy (non-hydrogen) atoms. The summed E-state index contributed by atoms with van der Waals surface area (Å²) in [5, 5.41) is 3.99. The van der Waals surface area contributed by atoms with Gasteiger partial charge in [-0.05, 0) is 25.0 Å². The summed E-state index contributed by atoms with van der Waals surface area (Å²) in [5.74, 6) is 2.33. The molecule has 1 saturated heterocycles. The maximum Gasteiger partial charge on any atom is 0.264 e. The summed E-state index contributed by atoms with van der Waals surface area (Å²) in [6.07, 6.45) is 0.956. The van der Waals surface area contributed by atoms with Crippen LogP contribution in [0.4, 0.5) is 0 Å². The smallest absolute Gasteiger partial charge is 0.264 e. The second-order valence-electron chi connectivity index (χ2n) is 4.66. The molecule has 5 nitrogen and oxygen atoms in total. The van der Waals surface area contributed by atoms with Gasteiger partial charge in [-0.25, -0.2) is 0 Å². The predicted octanol–water partition coefficient (Wildman–Crippen LogP) is 2.46. The zero-order valence-corrected chi connectivity index (χ0v) is 10.8. The summed E-state index contributed by atoms with van der Waals surface area (Å²) in [5.41, 5.74) is 1.09. The van der Waals surface area contributed by atoms with Crippen LogP contribution in [0.2, 0.25) is 0 Å². The second kappa shape index (κ2) is 5.40. The summed E-state index contributed by atoms with van der Waals surface area (Å²) in [6.45, 7) is 3.75. The lowest BCUT2D eigenvalue weighted by Gasteiger charge is -2.05. The average Bonchev–Trinajstić information content (AvgIpc) is 3.09. The van der Waals surface area contributed by atoms with E-state index in [-0.39, 0.29) is 5.92 Å². The van der Waals surface area contributed by atoms with Crippen molar-refractivity contribution in [2.45, 2.75) is 25.9 Å². The second-order valence-corrected chi connectivity index (χ2v) is 4.66. The highest BCUT2D eigenvalue weighted by molar-refractivity contribution is 5.31. The van der Waals surface area contributed by atoms with Gasteiger partial charge in [0.15, 0.2) is 12.4 Å². The molecule has 100 valence electrons. The summed E-state index contributed by atoms with van der Waals surface area (Å²) in [6, 6.07) is 7.85.